The number of hydrogen-bond donors (Lipinski definition) is 9. The maximum Gasteiger partial charge on any atom is 0.350 e. The molecule has 7 amide bonds. The summed E-state index contributed by atoms with van der Waals surface area (Å²) < 4.78 is -0.140. The van der Waals surface area contributed by atoms with Crippen molar-refractivity contribution in [3.05, 3.63) is 32.7 Å². The molecular weight excluding hydrogens is 847 g/mol. The highest BCUT2D eigenvalue weighted by Gasteiger charge is 2.56. The topological polar surface area (TPSA) is 353 Å². The van der Waals surface area contributed by atoms with E-state index >= 15 is 0 Å². The third-order valence-corrected chi connectivity index (χ3v) is 11.2. The number of phenolic OH excluding ortho intramolecular Hbond substituents is 2. The Morgan fingerprint density at radius 1 is 0.982 bits per heavy atom. The zero-order chi connectivity index (χ0) is 42.9. The summed E-state index contributed by atoms with van der Waals surface area (Å²) in [6.07, 6.45) is 0. The van der Waals surface area contributed by atoms with Crippen LogP contribution in [-0.2, 0) is 38.4 Å². The third-order valence-electron chi connectivity index (χ3n) is 8.04. The van der Waals surface area contributed by atoms with E-state index in [1.807, 2.05) is 5.43 Å². The maximum absolute atomic E-state index is 13.5. The van der Waals surface area contributed by atoms with E-state index in [1.165, 1.54) is 7.05 Å². The van der Waals surface area contributed by atoms with Crippen LogP contribution in [0.5, 0.6) is 11.5 Å². The highest BCUT2D eigenvalue weighted by atomic mass is 35.5. The van der Waals surface area contributed by atoms with Crippen LogP contribution in [0.2, 0.25) is 9.36 Å². The van der Waals surface area contributed by atoms with Gasteiger partial charge in [-0.15, -0.1) is 0 Å². The van der Waals surface area contributed by atoms with Gasteiger partial charge in [-0.25, -0.2) is 24.4 Å². The number of likely N-dealkylation sites (tertiary alicyclic amines) is 1. The summed E-state index contributed by atoms with van der Waals surface area (Å²) >= 11 is 13.2. The van der Waals surface area contributed by atoms with Crippen molar-refractivity contribution in [3.8, 4) is 11.5 Å². The zero-order valence-corrected chi connectivity index (χ0v) is 32.6. The molecule has 306 valence electrons. The molecule has 0 saturated carbocycles. The second kappa shape index (κ2) is 16.5. The molecule has 2 aliphatic heterocycles. The molecule has 0 spiro atoms. The van der Waals surface area contributed by atoms with Crippen molar-refractivity contribution in [2.24, 2.45) is 5.16 Å². The molecule has 1 aromatic carbocycles. The van der Waals surface area contributed by atoms with E-state index in [4.69, 9.17) is 33.8 Å². The Morgan fingerprint density at radius 3 is 2.19 bits per heavy atom. The number of carbonyl (C=O) groups is 9. The number of nitrogens with two attached hydrogens (primary N) is 1. The monoisotopic (exact) mass is 876 g/mol. The minimum atomic E-state index is -2.21. The fourth-order valence-corrected chi connectivity index (χ4v) is 7.33. The molecule has 2 aliphatic rings. The molecule has 4 rings (SSSR count). The molecule has 2 unspecified atom stereocenters. The molecule has 2 fully saturated rings. The number of carboxylic acid groups (broad SMARTS) is 2. The predicted molar refractivity (Wildman–Crippen MR) is 195 cm³/mol. The van der Waals surface area contributed by atoms with Gasteiger partial charge in [0.25, 0.3) is 11.7 Å². The first-order chi connectivity index (χ1) is 26.4. The highest BCUT2D eigenvalue weighted by molar-refractivity contribution is 8.02. The predicted octanol–water partition coefficient (Wildman–Crippen LogP) is -1.36. The second-order valence-electron chi connectivity index (χ2n) is 12.3. The number of thioether (sulfide) groups is 1. The number of nitrogens with zero attached hydrogens (tertiary/aromatic N) is 5. The van der Waals surface area contributed by atoms with Crippen molar-refractivity contribution in [2.45, 2.75) is 42.7 Å². The number of hydrazine groups is 2. The van der Waals surface area contributed by atoms with Gasteiger partial charge in [-0.3, -0.25) is 49.9 Å². The Hall–Kier alpha value is -6.12. The molecular formula is C29H30Cl2N10O14S2. The highest BCUT2D eigenvalue weighted by Crippen LogP contribution is 2.41. The Morgan fingerprint density at radius 2 is 1.61 bits per heavy atom. The van der Waals surface area contributed by atoms with Crippen molar-refractivity contribution in [2.75, 3.05) is 25.9 Å². The number of thiazole rings is 1. The van der Waals surface area contributed by atoms with Crippen molar-refractivity contribution in [3.63, 3.8) is 0 Å². The molecule has 0 bridgehead atoms. The summed E-state index contributed by atoms with van der Waals surface area (Å²) in [5.41, 5.74) is 7.41. The lowest BCUT2D eigenvalue weighted by atomic mass is 10.1. The van der Waals surface area contributed by atoms with Gasteiger partial charge < -0.3 is 41.2 Å². The van der Waals surface area contributed by atoms with Crippen molar-refractivity contribution < 1.29 is 68.4 Å². The lowest BCUT2D eigenvalue weighted by Crippen LogP contribution is -2.70. The van der Waals surface area contributed by atoms with Crippen LogP contribution in [0.25, 0.3) is 0 Å². The average molecular weight is 878 g/mol. The van der Waals surface area contributed by atoms with Crippen LogP contribution in [0.4, 0.5) is 9.93 Å². The Kier molecular flexibility index (Phi) is 12.7. The number of carboxylic acids is 2. The van der Waals surface area contributed by atoms with Gasteiger partial charge in [-0.1, -0.05) is 51.5 Å². The smallest absolute Gasteiger partial charge is 0.350 e. The second-order valence-corrected chi connectivity index (χ2v) is 15.8. The summed E-state index contributed by atoms with van der Waals surface area (Å²) in [5, 5.41) is 43.5. The molecule has 0 aliphatic carbocycles. The van der Waals surface area contributed by atoms with Crippen molar-refractivity contribution in [1.82, 2.24) is 41.4 Å². The molecule has 3 heterocycles. The van der Waals surface area contributed by atoms with E-state index in [0.717, 1.165) is 54.0 Å². The first-order valence-electron chi connectivity index (χ1n) is 15.6. The normalized spacial score (nSPS) is 17.9. The number of halogens is 2. The average Bonchev–Trinajstić information content (AvgIpc) is 3.69. The van der Waals surface area contributed by atoms with E-state index < -0.39 is 103 Å². The number of aromatic nitrogens is 1. The number of amides is 7. The molecule has 24 nitrogen and oxygen atoms in total. The van der Waals surface area contributed by atoms with Crippen molar-refractivity contribution in [1.29, 1.82) is 0 Å². The fourth-order valence-electron chi connectivity index (χ4n) is 4.71. The number of aromatic hydroxyl groups is 2. The van der Waals surface area contributed by atoms with Crippen LogP contribution in [-0.4, -0.2) is 141 Å². The molecule has 0 radical (unpaired) electrons. The summed E-state index contributed by atoms with van der Waals surface area (Å²) in [7, 11) is 1.28. The van der Waals surface area contributed by atoms with Crippen LogP contribution in [0, 0.1) is 0 Å². The minimum Gasteiger partial charge on any atom is -0.504 e. The van der Waals surface area contributed by atoms with Gasteiger partial charge in [0.2, 0.25) is 11.5 Å². The Bertz CT molecular complexity index is 2130. The first kappa shape index (κ1) is 43.6. The summed E-state index contributed by atoms with van der Waals surface area (Å²) in [5.74, 6) is -12.5. The number of carbonyl (C=O) groups excluding carboxylic acids is 7. The minimum absolute atomic E-state index is 0.0993. The van der Waals surface area contributed by atoms with E-state index in [9.17, 15) is 63.6 Å². The summed E-state index contributed by atoms with van der Waals surface area (Å²) in [6.45, 7) is 2.63. The number of nitrogen functional groups attached to an aromatic ring is 1. The molecule has 2 saturated heterocycles. The SMILES string of the molecule is CN1C(=O)C(NC(=O)/C(=N\OC(C)(C)C(=O)O)c2nc(N)sc2Cl)[C@H]1SC(C)(C(=O)O)N1CCN(NC(=O)C(=O)NNC(=O)C(=O)c2ccc(O)c(O)c2Cl)C1=O. The number of β-lactam (4-membered cyclic amide) rings is 1. The molecule has 1 aromatic heterocycles. The number of likely N-dealkylation sites (N-methyl/N-ethyl adjacent to an activating group) is 1. The first-order valence-corrected chi connectivity index (χ1v) is 18.0. The van der Waals surface area contributed by atoms with Crippen LogP contribution in [0.3, 0.4) is 0 Å². The van der Waals surface area contributed by atoms with Gasteiger partial charge in [-0.05, 0) is 32.9 Å². The summed E-state index contributed by atoms with van der Waals surface area (Å²) in [4.78, 5) is 122. The number of aliphatic carboxylic acids is 2. The van der Waals surface area contributed by atoms with Crippen LogP contribution >= 0.6 is 46.3 Å². The number of phenols is 2. The number of ketones is 1. The zero-order valence-electron chi connectivity index (χ0n) is 29.5. The van der Waals surface area contributed by atoms with E-state index in [2.05, 4.69) is 15.5 Å². The number of benzene rings is 1. The Balaban J connectivity index is 1.43. The lowest BCUT2D eigenvalue weighted by Gasteiger charge is -2.48. The number of urea groups is 1. The fraction of sp³-hybridized carbons (Fsp3) is 0.345. The van der Waals surface area contributed by atoms with Crippen LogP contribution in [0.15, 0.2) is 17.3 Å². The number of oxime groups is 1. The molecule has 28 heteroatoms. The van der Waals surface area contributed by atoms with Gasteiger partial charge in [-0.2, -0.15) is 0 Å². The molecule has 3 atom stereocenters. The van der Waals surface area contributed by atoms with Gasteiger partial charge >= 0.3 is 35.7 Å². The molecule has 57 heavy (non-hydrogen) atoms. The Labute approximate surface area is 337 Å². The van der Waals surface area contributed by atoms with Crippen molar-refractivity contribution >= 4 is 110 Å². The quantitative estimate of drug-likeness (QED) is 0.0280. The third kappa shape index (κ3) is 8.82. The summed E-state index contributed by atoms with van der Waals surface area (Å²) in [6, 6.07) is -0.822. The molecule has 10 N–H and O–H groups in total. The standard InChI is InChI=1S/C29H30Cl2N10O14S2/c1-28(2,24(50)51)55-38-13(12-17(31)56-26(32)34-12)18(45)33-14-22(49)39(4)23(14)57-29(3,25(52)53)40-7-8-41(27(40)54)37-21(48)20(47)36-35-19(46)15(43)9-5-6-10(42)16(44)11(9)30/h5-6,14,23,42,44H,7-8H2,1-4H3,(H2,32,34)(H,33,45)(H,35,46)(H,36,47)(H,37,48)(H,50,51)(H,52,53)/b38-13-/t14?,23-,29?/m1/s1. The number of Topliss-reactive ketones (excluding diaryl/α,β-unsaturated/α-hetero) is 1. The van der Waals surface area contributed by atoms with E-state index in [1.54, 1.807) is 10.9 Å². The van der Waals surface area contributed by atoms with Crippen LogP contribution < -0.4 is 27.3 Å². The number of anilines is 1. The number of nitrogens with one attached hydrogen (secondary N) is 4. The molecule has 2 aromatic rings. The van der Waals surface area contributed by atoms with E-state index in [-0.39, 0.29) is 28.3 Å². The number of rotatable bonds is 13. The van der Waals surface area contributed by atoms with Gasteiger partial charge in [0.05, 0.1) is 17.1 Å². The number of hydrogen-bond acceptors (Lipinski definition) is 17. The largest absolute Gasteiger partial charge is 0.504 e. The lowest BCUT2D eigenvalue weighted by molar-refractivity contribution is -0.161. The maximum atomic E-state index is 13.5. The van der Waals surface area contributed by atoms with Gasteiger partial charge in [0.1, 0.15) is 21.4 Å². The van der Waals surface area contributed by atoms with Crippen LogP contribution in [0.1, 0.15) is 36.8 Å². The van der Waals surface area contributed by atoms with Gasteiger partial charge in [0, 0.05) is 13.6 Å². The van der Waals surface area contributed by atoms with Gasteiger partial charge in [0.15, 0.2) is 27.2 Å². The van der Waals surface area contributed by atoms with E-state index in [0.29, 0.717) is 16.8 Å².